The first-order valence-corrected chi connectivity index (χ1v) is 8.14. The minimum absolute atomic E-state index is 0.126. The summed E-state index contributed by atoms with van der Waals surface area (Å²) in [6, 6.07) is 12.6. The molecule has 0 fully saturated rings. The molecule has 0 spiro atoms. The quantitative estimate of drug-likeness (QED) is 0.647. The summed E-state index contributed by atoms with van der Waals surface area (Å²) < 4.78 is 30.9. The van der Waals surface area contributed by atoms with Crippen LogP contribution in [0.5, 0.6) is 0 Å². The van der Waals surface area contributed by atoms with E-state index in [1.54, 1.807) is 24.3 Å². The van der Waals surface area contributed by atoms with E-state index >= 15 is 0 Å². The summed E-state index contributed by atoms with van der Waals surface area (Å²) in [5.41, 5.74) is 1.32. The van der Waals surface area contributed by atoms with Gasteiger partial charge < -0.3 is 15.4 Å². The number of nitrogens with one attached hydrogen (secondary N) is 2. The summed E-state index contributed by atoms with van der Waals surface area (Å²) in [7, 11) is 1.29. The molecule has 0 aliphatic heterocycles. The minimum Gasteiger partial charge on any atom is -0.465 e. The van der Waals surface area contributed by atoms with Crippen LogP contribution < -0.4 is 10.6 Å². The molecule has 0 saturated carbocycles. The molecule has 142 valence electrons. The Morgan fingerprint density at radius 2 is 1.75 bits per heavy atom. The molecule has 2 N–H and O–H groups in total. The first-order valence-electron chi connectivity index (χ1n) is 8.14. The van der Waals surface area contributed by atoms with Crippen LogP contribution >= 0.6 is 0 Å². The maximum absolute atomic E-state index is 13.3. The van der Waals surface area contributed by atoms with E-state index in [0.29, 0.717) is 17.1 Å². The first-order chi connectivity index (χ1) is 13.5. The van der Waals surface area contributed by atoms with Crippen molar-refractivity contribution in [3.63, 3.8) is 0 Å². The number of anilines is 3. The largest absolute Gasteiger partial charge is 0.465 e. The van der Waals surface area contributed by atoms with Crippen molar-refractivity contribution in [2.45, 2.75) is 0 Å². The lowest BCUT2D eigenvalue weighted by Crippen LogP contribution is -2.12. The molecule has 0 bridgehead atoms. The Balaban J connectivity index is 1.75. The van der Waals surface area contributed by atoms with E-state index in [2.05, 4.69) is 20.4 Å². The molecule has 28 heavy (non-hydrogen) atoms. The second-order valence-electron chi connectivity index (χ2n) is 5.71. The van der Waals surface area contributed by atoms with Gasteiger partial charge in [0, 0.05) is 29.2 Å². The monoisotopic (exact) mass is 383 g/mol. The van der Waals surface area contributed by atoms with Gasteiger partial charge in [-0.1, -0.05) is 6.07 Å². The number of pyridine rings is 1. The van der Waals surface area contributed by atoms with Crippen molar-refractivity contribution in [2.24, 2.45) is 0 Å². The fourth-order valence-electron chi connectivity index (χ4n) is 2.41. The zero-order valence-corrected chi connectivity index (χ0v) is 14.7. The molecule has 0 aliphatic carbocycles. The van der Waals surface area contributed by atoms with Gasteiger partial charge in [-0.05, 0) is 42.5 Å². The van der Waals surface area contributed by atoms with Crippen molar-refractivity contribution in [3.8, 4) is 0 Å². The summed E-state index contributed by atoms with van der Waals surface area (Å²) in [6.07, 6.45) is 1.42. The molecule has 0 aliphatic rings. The average molecular weight is 383 g/mol. The van der Waals surface area contributed by atoms with Crippen LogP contribution in [0.1, 0.15) is 20.7 Å². The van der Waals surface area contributed by atoms with Crippen LogP contribution in [0, 0.1) is 11.6 Å². The molecular weight excluding hydrogens is 368 g/mol. The van der Waals surface area contributed by atoms with Crippen molar-refractivity contribution in [2.75, 3.05) is 17.7 Å². The molecule has 0 saturated heterocycles. The van der Waals surface area contributed by atoms with Gasteiger partial charge in [0.1, 0.15) is 5.82 Å². The highest BCUT2D eigenvalue weighted by molar-refractivity contribution is 6.04. The molecule has 1 amide bonds. The van der Waals surface area contributed by atoms with Crippen molar-refractivity contribution in [3.05, 3.63) is 83.6 Å². The molecule has 6 nitrogen and oxygen atoms in total. The van der Waals surface area contributed by atoms with Crippen LogP contribution in [0.3, 0.4) is 0 Å². The lowest BCUT2D eigenvalue weighted by molar-refractivity contribution is 0.0600. The number of ether oxygens (including phenoxy) is 1. The summed E-state index contributed by atoms with van der Waals surface area (Å²) in [5, 5.41) is 5.48. The van der Waals surface area contributed by atoms with E-state index in [4.69, 9.17) is 0 Å². The van der Waals surface area contributed by atoms with Crippen LogP contribution in [-0.4, -0.2) is 24.0 Å². The lowest BCUT2D eigenvalue weighted by Gasteiger charge is -2.09. The first kappa shape index (κ1) is 19.0. The van der Waals surface area contributed by atoms with Crippen molar-refractivity contribution in [1.82, 2.24) is 4.98 Å². The Morgan fingerprint density at radius 1 is 0.929 bits per heavy atom. The van der Waals surface area contributed by atoms with E-state index in [0.717, 1.165) is 12.1 Å². The molecule has 0 unspecified atom stereocenters. The third-order valence-electron chi connectivity index (χ3n) is 3.76. The van der Waals surface area contributed by atoms with E-state index in [1.165, 1.54) is 31.5 Å². The Labute approximate surface area is 159 Å². The SMILES string of the molecule is COC(=O)c1cccc(Nc2cc(C(=O)Nc3ccc(F)c(F)c3)ccn2)c1. The highest BCUT2D eigenvalue weighted by Crippen LogP contribution is 2.19. The van der Waals surface area contributed by atoms with Gasteiger partial charge in [-0.3, -0.25) is 4.79 Å². The van der Waals surface area contributed by atoms with Gasteiger partial charge in [0.15, 0.2) is 11.6 Å². The summed E-state index contributed by atoms with van der Waals surface area (Å²) in [6.45, 7) is 0. The lowest BCUT2D eigenvalue weighted by atomic mass is 10.2. The Hall–Kier alpha value is -3.81. The highest BCUT2D eigenvalue weighted by atomic mass is 19.2. The van der Waals surface area contributed by atoms with E-state index < -0.39 is 23.5 Å². The van der Waals surface area contributed by atoms with Crippen molar-refractivity contribution < 1.29 is 23.1 Å². The maximum atomic E-state index is 13.3. The van der Waals surface area contributed by atoms with Gasteiger partial charge in [-0.15, -0.1) is 0 Å². The van der Waals surface area contributed by atoms with Gasteiger partial charge in [0.25, 0.3) is 5.91 Å². The molecule has 1 aromatic heterocycles. The fourth-order valence-corrected chi connectivity index (χ4v) is 2.41. The zero-order chi connectivity index (χ0) is 20.1. The van der Waals surface area contributed by atoms with Crippen LogP contribution in [0.15, 0.2) is 60.8 Å². The average Bonchev–Trinajstić information content (AvgIpc) is 2.70. The van der Waals surface area contributed by atoms with E-state index in [-0.39, 0.29) is 11.3 Å². The molecule has 3 rings (SSSR count). The molecule has 1 heterocycles. The van der Waals surface area contributed by atoms with Crippen LogP contribution in [0.4, 0.5) is 26.0 Å². The number of hydrogen-bond donors (Lipinski definition) is 2. The van der Waals surface area contributed by atoms with Gasteiger partial charge in [0.05, 0.1) is 12.7 Å². The second kappa shape index (κ2) is 8.26. The summed E-state index contributed by atoms with van der Waals surface area (Å²) >= 11 is 0. The number of esters is 1. The Bertz CT molecular complexity index is 1040. The summed E-state index contributed by atoms with van der Waals surface area (Å²) in [5.74, 6) is -2.68. The molecule has 8 heteroatoms. The molecule has 0 radical (unpaired) electrons. The second-order valence-corrected chi connectivity index (χ2v) is 5.71. The Kier molecular flexibility index (Phi) is 5.59. The number of hydrogen-bond acceptors (Lipinski definition) is 5. The zero-order valence-electron chi connectivity index (χ0n) is 14.7. The third kappa shape index (κ3) is 4.47. The number of aromatic nitrogens is 1. The fraction of sp³-hybridized carbons (Fsp3) is 0.0500. The number of amides is 1. The normalized spacial score (nSPS) is 10.2. The minimum atomic E-state index is -1.06. The van der Waals surface area contributed by atoms with Crippen molar-refractivity contribution in [1.29, 1.82) is 0 Å². The Morgan fingerprint density at radius 3 is 2.50 bits per heavy atom. The van der Waals surface area contributed by atoms with Crippen LogP contribution in [0.25, 0.3) is 0 Å². The number of nitrogens with zero attached hydrogens (tertiary/aromatic N) is 1. The van der Waals surface area contributed by atoms with Gasteiger partial charge >= 0.3 is 5.97 Å². The number of halogens is 2. The number of benzene rings is 2. The van der Waals surface area contributed by atoms with Gasteiger partial charge in [-0.25, -0.2) is 18.6 Å². The van der Waals surface area contributed by atoms with Crippen molar-refractivity contribution >= 4 is 29.1 Å². The highest BCUT2D eigenvalue weighted by Gasteiger charge is 2.11. The summed E-state index contributed by atoms with van der Waals surface area (Å²) in [4.78, 5) is 28.1. The van der Waals surface area contributed by atoms with Gasteiger partial charge in [0.2, 0.25) is 0 Å². The predicted octanol–water partition coefficient (Wildman–Crippen LogP) is 4.14. The topological polar surface area (TPSA) is 80.3 Å². The number of carbonyl (C=O) groups excluding carboxylic acids is 2. The number of rotatable bonds is 5. The number of methoxy groups -OCH3 is 1. The van der Waals surface area contributed by atoms with Crippen LogP contribution in [0.2, 0.25) is 0 Å². The molecule has 2 aromatic carbocycles. The van der Waals surface area contributed by atoms with E-state index in [1.807, 2.05) is 0 Å². The third-order valence-corrected chi connectivity index (χ3v) is 3.76. The van der Waals surface area contributed by atoms with E-state index in [9.17, 15) is 18.4 Å². The van der Waals surface area contributed by atoms with Gasteiger partial charge in [-0.2, -0.15) is 0 Å². The molecule has 3 aromatic rings. The smallest absolute Gasteiger partial charge is 0.337 e. The van der Waals surface area contributed by atoms with Crippen LogP contribution in [-0.2, 0) is 4.74 Å². The molecular formula is C20H15F2N3O3. The maximum Gasteiger partial charge on any atom is 0.337 e. The standard InChI is InChI=1S/C20H15F2N3O3/c1-28-20(27)13-3-2-4-14(9-13)24-18-10-12(7-8-23-18)19(26)25-15-5-6-16(21)17(22)11-15/h2-11H,1H3,(H,23,24)(H,25,26). The number of carbonyl (C=O) groups is 2. The predicted molar refractivity (Wildman–Crippen MR) is 99.6 cm³/mol. The molecule has 0 atom stereocenters.